The third kappa shape index (κ3) is 4.65. The van der Waals surface area contributed by atoms with Crippen molar-refractivity contribution in [2.24, 2.45) is 0 Å². The lowest BCUT2D eigenvalue weighted by atomic mass is 10.1. The van der Waals surface area contributed by atoms with Crippen molar-refractivity contribution in [3.63, 3.8) is 0 Å². The van der Waals surface area contributed by atoms with E-state index < -0.39 is 5.91 Å². The first kappa shape index (κ1) is 17.2. The van der Waals surface area contributed by atoms with Crippen molar-refractivity contribution in [3.05, 3.63) is 59.4 Å². The maximum Gasteiger partial charge on any atom is 0.257 e. The van der Waals surface area contributed by atoms with Crippen molar-refractivity contribution in [1.29, 1.82) is 5.26 Å². The second-order valence-electron chi connectivity index (χ2n) is 6.31. The molecule has 0 atom stereocenters. The van der Waals surface area contributed by atoms with Crippen molar-refractivity contribution >= 4 is 17.5 Å². The molecule has 2 N–H and O–H groups in total. The summed E-state index contributed by atoms with van der Waals surface area (Å²) in [7, 11) is 0. The van der Waals surface area contributed by atoms with Crippen LogP contribution in [0.25, 0.3) is 0 Å². The van der Waals surface area contributed by atoms with E-state index >= 15 is 0 Å². The van der Waals surface area contributed by atoms with Crippen molar-refractivity contribution in [1.82, 2.24) is 10.3 Å². The van der Waals surface area contributed by atoms with Gasteiger partial charge in [0.05, 0.1) is 22.8 Å². The van der Waals surface area contributed by atoms with Crippen LogP contribution in [-0.2, 0) is 0 Å². The van der Waals surface area contributed by atoms with Gasteiger partial charge < -0.3 is 10.6 Å². The summed E-state index contributed by atoms with van der Waals surface area (Å²) in [6.45, 7) is 5.62. The fourth-order valence-electron chi connectivity index (χ4n) is 1.97. The Hall–Kier alpha value is -3.20. The summed E-state index contributed by atoms with van der Waals surface area (Å²) in [6, 6.07) is 10.1. The number of benzene rings is 1. The van der Waals surface area contributed by atoms with Gasteiger partial charge >= 0.3 is 0 Å². The zero-order valence-corrected chi connectivity index (χ0v) is 13.8. The van der Waals surface area contributed by atoms with Gasteiger partial charge in [-0.15, -0.1) is 0 Å². The molecule has 24 heavy (non-hydrogen) atoms. The van der Waals surface area contributed by atoms with Gasteiger partial charge in [-0.1, -0.05) is 6.07 Å². The number of carbonyl (C=O) groups excluding carboxylic acids is 2. The second kappa shape index (κ2) is 6.92. The molecule has 0 spiro atoms. The Kier molecular flexibility index (Phi) is 4.95. The van der Waals surface area contributed by atoms with Crippen LogP contribution in [0.15, 0.2) is 42.7 Å². The van der Waals surface area contributed by atoms with Crippen LogP contribution >= 0.6 is 0 Å². The van der Waals surface area contributed by atoms with Gasteiger partial charge in [0, 0.05) is 23.6 Å². The maximum absolute atomic E-state index is 12.3. The van der Waals surface area contributed by atoms with E-state index in [4.69, 9.17) is 5.26 Å². The Morgan fingerprint density at radius 2 is 1.75 bits per heavy atom. The number of nitrogens with zero attached hydrogens (tertiary/aromatic N) is 2. The van der Waals surface area contributed by atoms with Crippen molar-refractivity contribution < 1.29 is 9.59 Å². The molecule has 1 heterocycles. The van der Waals surface area contributed by atoms with Crippen molar-refractivity contribution in [2.45, 2.75) is 26.3 Å². The Morgan fingerprint density at radius 1 is 1.08 bits per heavy atom. The monoisotopic (exact) mass is 322 g/mol. The van der Waals surface area contributed by atoms with Gasteiger partial charge in [0.2, 0.25) is 0 Å². The minimum absolute atomic E-state index is 0.263. The van der Waals surface area contributed by atoms with Crippen LogP contribution in [0.1, 0.15) is 47.1 Å². The number of hydrogen-bond acceptors (Lipinski definition) is 4. The molecule has 0 radical (unpaired) electrons. The van der Waals surface area contributed by atoms with E-state index in [2.05, 4.69) is 15.6 Å². The first-order valence-corrected chi connectivity index (χ1v) is 7.37. The summed E-state index contributed by atoms with van der Waals surface area (Å²) in [5.74, 6) is -0.695. The summed E-state index contributed by atoms with van der Waals surface area (Å²) in [6.07, 6.45) is 2.80. The van der Waals surface area contributed by atoms with Gasteiger partial charge in [-0.25, -0.2) is 0 Å². The molecule has 0 aliphatic carbocycles. The standard InChI is InChI=1S/C18H18N4O2/c1-18(2,3)22-17(24)14-8-13(10-20-11-14)16(23)21-15-6-4-5-12(7-15)9-19/h4-8,10-11H,1-3H3,(H,21,23)(H,22,24). The summed E-state index contributed by atoms with van der Waals surface area (Å²) in [4.78, 5) is 28.4. The third-order valence-corrected chi connectivity index (χ3v) is 3.00. The molecule has 0 unspecified atom stereocenters. The average molecular weight is 322 g/mol. The molecule has 6 nitrogen and oxygen atoms in total. The number of aromatic nitrogens is 1. The lowest BCUT2D eigenvalue weighted by molar-refractivity contribution is 0.0919. The SMILES string of the molecule is CC(C)(C)NC(=O)c1cncc(C(=O)Nc2cccc(C#N)c2)c1. The van der Waals surface area contributed by atoms with E-state index in [9.17, 15) is 9.59 Å². The number of anilines is 1. The first-order chi connectivity index (χ1) is 11.3. The molecular formula is C18H18N4O2. The molecule has 2 amide bonds. The summed E-state index contributed by atoms with van der Waals surface area (Å²) >= 11 is 0. The predicted molar refractivity (Wildman–Crippen MR) is 90.6 cm³/mol. The van der Waals surface area contributed by atoms with E-state index in [0.717, 1.165) is 0 Å². The number of nitriles is 1. The van der Waals surface area contributed by atoms with Gasteiger partial charge in [-0.05, 0) is 45.0 Å². The van der Waals surface area contributed by atoms with Crippen LogP contribution in [0.2, 0.25) is 0 Å². The molecule has 0 saturated heterocycles. The highest BCUT2D eigenvalue weighted by Gasteiger charge is 2.17. The minimum atomic E-state index is -0.400. The van der Waals surface area contributed by atoms with E-state index in [-0.39, 0.29) is 17.0 Å². The molecule has 0 fully saturated rings. The topological polar surface area (TPSA) is 94.9 Å². The zero-order chi connectivity index (χ0) is 17.7. The fourth-order valence-corrected chi connectivity index (χ4v) is 1.97. The van der Waals surface area contributed by atoms with E-state index in [1.54, 1.807) is 24.3 Å². The molecule has 1 aromatic heterocycles. The molecule has 0 aliphatic heterocycles. The number of nitrogens with one attached hydrogen (secondary N) is 2. The van der Waals surface area contributed by atoms with Crippen LogP contribution < -0.4 is 10.6 Å². The molecule has 0 saturated carbocycles. The normalized spacial score (nSPS) is 10.6. The van der Waals surface area contributed by atoms with Gasteiger partial charge in [0.1, 0.15) is 0 Å². The molecular weight excluding hydrogens is 304 g/mol. The molecule has 6 heteroatoms. The van der Waals surface area contributed by atoms with E-state index in [1.165, 1.54) is 18.5 Å². The van der Waals surface area contributed by atoms with Crippen LogP contribution in [0.5, 0.6) is 0 Å². The van der Waals surface area contributed by atoms with Crippen LogP contribution in [0.4, 0.5) is 5.69 Å². The quantitative estimate of drug-likeness (QED) is 0.908. The highest BCUT2D eigenvalue weighted by molar-refractivity contribution is 6.05. The second-order valence-corrected chi connectivity index (χ2v) is 6.31. The van der Waals surface area contributed by atoms with Gasteiger partial charge in [-0.3, -0.25) is 14.6 Å². The fraction of sp³-hybridized carbons (Fsp3) is 0.222. The van der Waals surface area contributed by atoms with E-state index in [1.807, 2.05) is 26.8 Å². The summed E-state index contributed by atoms with van der Waals surface area (Å²) in [5, 5.41) is 14.4. The zero-order valence-electron chi connectivity index (χ0n) is 13.8. The molecule has 0 aliphatic rings. The largest absolute Gasteiger partial charge is 0.347 e. The Balaban J connectivity index is 2.17. The molecule has 2 rings (SSSR count). The maximum atomic E-state index is 12.3. The van der Waals surface area contributed by atoms with Crippen molar-refractivity contribution in [3.8, 4) is 6.07 Å². The van der Waals surface area contributed by atoms with Gasteiger partial charge in [0.25, 0.3) is 11.8 Å². The lowest BCUT2D eigenvalue weighted by Gasteiger charge is -2.20. The number of hydrogen-bond donors (Lipinski definition) is 2. The Labute approximate surface area is 140 Å². The lowest BCUT2D eigenvalue weighted by Crippen LogP contribution is -2.40. The number of amides is 2. The highest BCUT2D eigenvalue weighted by Crippen LogP contribution is 2.12. The summed E-state index contributed by atoms with van der Waals surface area (Å²) < 4.78 is 0. The number of carbonyl (C=O) groups is 2. The Bertz CT molecular complexity index is 816. The van der Waals surface area contributed by atoms with Crippen LogP contribution in [-0.4, -0.2) is 22.3 Å². The third-order valence-electron chi connectivity index (χ3n) is 3.00. The Morgan fingerprint density at radius 3 is 2.38 bits per heavy atom. The van der Waals surface area contributed by atoms with Gasteiger partial charge in [0.15, 0.2) is 0 Å². The van der Waals surface area contributed by atoms with E-state index in [0.29, 0.717) is 16.8 Å². The molecule has 1 aromatic carbocycles. The first-order valence-electron chi connectivity index (χ1n) is 7.37. The summed E-state index contributed by atoms with van der Waals surface area (Å²) in [5.41, 5.74) is 1.14. The van der Waals surface area contributed by atoms with Crippen LogP contribution in [0, 0.1) is 11.3 Å². The highest BCUT2D eigenvalue weighted by atomic mass is 16.2. The molecule has 0 bridgehead atoms. The molecule has 2 aromatic rings. The minimum Gasteiger partial charge on any atom is -0.347 e. The van der Waals surface area contributed by atoms with Crippen molar-refractivity contribution in [2.75, 3.05) is 5.32 Å². The smallest absolute Gasteiger partial charge is 0.257 e. The van der Waals surface area contributed by atoms with Crippen LogP contribution in [0.3, 0.4) is 0 Å². The average Bonchev–Trinajstić information content (AvgIpc) is 2.53. The predicted octanol–water partition coefficient (Wildman–Crippen LogP) is 2.73. The number of rotatable bonds is 3. The van der Waals surface area contributed by atoms with Gasteiger partial charge in [-0.2, -0.15) is 5.26 Å². The number of pyridine rings is 1. The molecule has 122 valence electrons.